The maximum atomic E-state index is 12.4. The lowest BCUT2D eigenvalue weighted by Crippen LogP contribution is -2.08. The quantitative estimate of drug-likeness (QED) is 0.866. The first-order valence-corrected chi connectivity index (χ1v) is 6.53. The van der Waals surface area contributed by atoms with Crippen LogP contribution in [-0.2, 0) is 17.3 Å². The van der Waals surface area contributed by atoms with Crippen LogP contribution in [0.4, 0.5) is 13.2 Å². The van der Waals surface area contributed by atoms with Crippen molar-refractivity contribution in [2.75, 3.05) is 0 Å². The minimum absolute atomic E-state index is 0.131. The number of aromatic nitrogens is 3. The number of hydrogen-bond acceptors (Lipinski definition) is 3. The summed E-state index contributed by atoms with van der Waals surface area (Å²) in [6.45, 7) is 3.08. The molecule has 0 bridgehead atoms. The van der Waals surface area contributed by atoms with Gasteiger partial charge in [0.15, 0.2) is 16.9 Å². The number of pyridine rings is 1. The lowest BCUT2D eigenvalue weighted by Gasteiger charge is -2.07. The molecule has 0 aliphatic rings. The van der Waals surface area contributed by atoms with E-state index in [0.29, 0.717) is 17.6 Å². The van der Waals surface area contributed by atoms with Crippen LogP contribution in [0, 0.1) is 13.8 Å². The minimum Gasteiger partial charge on any atom is -0.302 e. The second-order valence-corrected chi connectivity index (χ2v) is 4.97. The molecule has 1 N–H and O–H groups in total. The maximum Gasteiger partial charge on any atom is 0.417 e. The normalized spacial score (nSPS) is 13.5. The Hall–Kier alpha value is -1.74. The third kappa shape index (κ3) is 2.59. The smallest absolute Gasteiger partial charge is 0.302 e. The second kappa shape index (κ2) is 4.98. The summed E-state index contributed by atoms with van der Waals surface area (Å²) in [7, 11) is 0. The molecule has 1 atom stereocenters. The van der Waals surface area contributed by atoms with Crippen molar-refractivity contribution < 1.29 is 21.9 Å². The van der Waals surface area contributed by atoms with Crippen molar-refractivity contribution in [1.82, 2.24) is 14.8 Å². The number of hydrogen-bond donors (Lipinski definition) is 1. The van der Waals surface area contributed by atoms with Gasteiger partial charge < -0.3 is 4.55 Å². The van der Waals surface area contributed by atoms with Crippen molar-refractivity contribution in [2.45, 2.75) is 24.9 Å². The van der Waals surface area contributed by atoms with Gasteiger partial charge >= 0.3 is 6.18 Å². The van der Waals surface area contributed by atoms with E-state index >= 15 is 0 Å². The zero-order chi connectivity index (χ0) is 15.1. The van der Waals surface area contributed by atoms with Crippen LogP contribution in [0.1, 0.15) is 17.0 Å². The first-order valence-electron chi connectivity index (χ1n) is 5.42. The molecule has 0 saturated carbocycles. The SMILES string of the molecule is Cc1nn(-c2ccc(C(F)(F)F)cn2)c(C)c1S(=O)O. The van der Waals surface area contributed by atoms with Gasteiger partial charge in [-0.1, -0.05) is 0 Å². The van der Waals surface area contributed by atoms with E-state index in [1.807, 2.05) is 0 Å². The van der Waals surface area contributed by atoms with Crippen molar-refractivity contribution >= 4 is 11.1 Å². The van der Waals surface area contributed by atoms with E-state index in [4.69, 9.17) is 4.55 Å². The Labute approximate surface area is 114 Å². The summed E-state index contributed by atoms with van der Waals surface area (Å²) in [6, 6.07) is 2.04. The van der Waals surface area contributed by atoms with Crippen molar-refractivity contribution in [3.63, 3.8) is 0 Å². The van der Waals surface area contributed by atoms with Crippen molar-refractivity contribution in [3.8, 4) is 5.82 Å². The van der Waals surface area contributed by atoms with Gasteiger partial charge in [-0.2, -0.15) is 18.3 Å². The molecular formula is C11H10F3N3O2S. The van der Waals surface area contributed by atoms with E-state index in [-0.39, 0.29) is 10.7 Å². The topological polar surface area (TPSA) is 68.0 Å². The van der Waals surface area contributed by atoms with Gasteiger partial charge in [0.1, 0.15) is 4.90 Å². The molecule has 1 unspecified atom stereocenters. The Kier molecular flexibility index (Phi) is 3.65. The molecule has 2 heterocycles. The predicted octanol–water partition coefficient (Wildman–Crippen LogP) is 2.48. The van der Waals surface area contributed by atoms with E-state index in [9.17, 15) is 17.4 Å². The Morgan fingerprint density at radius 3 is 2.35 bits per heavy atom. The summed E-state index contributed by atoms with van der Waals surface area (Å²) >= 11 is -2.21. The van der Waals surface area contributed by atoms with Crippen LogP contribution in [-0.4, -0.2) is 23.5 Å². The molecule has 0 amide bonds. The Morgan fingerprint density at radius 1 is 1.30 bits per heavy atom. The average molecular weight is 305 g/mol. The van der Waals surface area contributed by atoms with Crippen LogP contribution in [0.15, 0.2) is 23.2 Å². The average Bonchev–Trinajstić information content (AvgIpc) is 2.64. The van der Waals surface area contributed by atoms with Gasteiger partial charge in [-0.3, -0.25) is 0 Å². The first kappa shape index (κ1) is 14.7. The molecule has 0 spiro atoms. The van der Waals surface area contributed by atoms with E-state index in [2.05, 4.69) is 10.1 Å². The number of nitrogens with zero attached hydrogens (tertiary/aromatic N) is 3. The van der Waals surface area contributed by atoms with Crippen molar-refractivity contribution in [2.24, 2.45) is 0 Å². The first-order chi connectivity index (χ1) is 9.21. The van der Waals surface area contributed by atoms with E-state index in [1.54, 1.807) is 6.92 Å². The highest BCUT2D eigenvalue weighted by Crippen LogP contribution is 2.29. The maximum absolute atomic E-state index is 12.4. The number of aryl methyl sites for hydroxylation is 1. The van der Waals surface area contributed by atoms with Gasteiger partial charge in [0, 0.05) is 6.20 Å². The van der Waals surface area contributed by atoms with Gasteiger partial charge in [0.25, 0.3) is 0 Å². The molecule has 0 aliphatic carbocycles. The zero-order valence-electron chi connectivity index (χ0n) is 10.5. The fourth-order valence-electron chi connectivity index (χ4n) is 1.78. The van der Waals surface area contributed by atoms with Crippen LogP contribution in [0.25, 0.3) is 5.82 Å². The summed E-state index contributed by atoms with van der Waals surface area (Å²) in [5, 5.41) is 4.01. The molecule has 0 saturated heterocycles. The number of rotatable bonds is 2. The highest BCUT2D eigenvalue weighted by molar-refractivity contribution is 7.79. The fourth-order valence-corrected chi connectivity index (χ4v) is 2.42. The molecule has 2 aromatic rings. The molecule has 9 heteroatoms. The van der Waals surface area contributed by atoms with Crippen molar-refractivity contribution in [1.29, 1.82) is 0 Å². The predicted molar refractivity (Wildman–Crippen MR) is 64.9 cm³/mol. The van der Waals surface area contributed by atoms with E-state index in [1.165, 1.54) is 11.6 Å². The standard InChI is InChI=1S/C11H10F3N3O2S/c1-6-10(20(18)19)7(2)17(16-6)9-4-3-8(5-15-9)11(12,13)14/h3-5H,1-2H3,(H,18,19). The Morgan fingerprint density at radius 2 is 1.95 bits per heavy atom. The van der Waals surface area contributed by atoms with Gasteiger partial charge in [-0.15, -0.1) is 0 Å². The summed E-state index contributed by atoms with van der Waals surface area (Å²) in [4.78, 5) is 3.82. The van der Waals surface area contributed by atoms with Crippen molar-refractivity contribution in [3.05, 3.63) is 35.3 Å². The lowest BCUT2D eigenvalue weighted by molar-refractivity contribution is -0.137. The van der Waals surface area contributed by atoms with Gasteiger partial charge in [0.05, 0.1) is 17.0 Å². The molecule has 0 aromatic carbocycles. The third-order valence-corrected chi connectivity index (χ3v) is 3.63. The highest BCUT2D eigenvalue weighted by atomic mass is 32.2. The van der Waals surface area contributed by atoms with Gasteiger partial charge in [-0.05, 0) is 26.0 Å². The van der Waals surface area contributed by atoms with Crippen LogP contribution in [0.2, 0.25) is 0 Å². The monoisotopic (exact) mass is 305 g/mol. The van der Waals surface area contributed by atoms with Crippen LogP contribution in [0.5, 0.6) is 0 Å². The molecule has 20 heavy (non-hydrogen) atoms. The Balaban J connectivity index is 2.48. The largest absolute Gasteiger partial charge is 0.417 e. The molecular weight excluding hydrogens is 295 g/mol. The summed E-state index contributed by atoms with van der Waals surface area (Å²) in [5.74, 6) is 0.148. The van der Waals surface area contributed by atoms with Crippen LogP contribution in [0.3, 0.4) is 0 Å². The number of halogens is 3. The summed E-state index contributed by atoms with van der Waals surface area (Å²) in [5.41, 5.74) is -0.186. The van der Waals surface area contributed by atoms with Gasteiger partial charge in [0.2, 0.25) is 0 Å². The second-order valence-electron chi connectivity index (χ2n) is 4.06. The molecule has 2 rings (SSSR count). The molecule has 0 radical (unpaired) electrons. The van der Waals surface area contributed by atoms with E-state index in [0.717, 1.165) is 12.1 Å². The molecule has 5 nitrogen and oxygen atoms in total. The Bertz CT molecular complexity index is 665. The number of alkyl halides is 3. The van der Waals surface area contributed by atoms with E-state index < -0.39 is 22.8 Å². The molecule has 2 aromatic heterocycles. The zero-order valence-corrected chi connectivity index (χ0v) is 11.3. The minimum atomic E-state index is -4.46. The third-order valence-electron chi connectivity index (χ3n) is 2.69. The molecule has 0 aliphatic heterocycles. The summed E-state index contributed by atoms with van der Waals surface area (Å²) in [6.07, 6.45) is -3.76. The molecule has 0 fully saturated rings. The summed E-state index contributed by atoms with van der Waals surface area (Å²) < 4.78 is 58.9. The lowest BCUT2D eigenvalue weighted by atomic mass is 10.3. The highest BCUT2D eigenvalue weighted by Gasteiger charge is 2.30. The fraction of sp³-hybridized carbons (Fsp3) is 0.273. The molecule has 108 valence electrons. The van der Waals surface area contributed by atoms with Crippen LogP contribution >= 0.6 is 0 Å². The van der Waals surface area contributed by atoms with Gasteiger partial charge in [-0.25, -0.2) is 13.9 Å². The van der Waals surface area contributed by atoms with Crippen LogP contribution < -0.4 is 0 Å².